The van der Waals surface area contributed by atoms with Crippen LogP contribution < -0.4 is 14.8 Å². The van der Waals surface area contributed by atoms with Crippen LogP contribution in [0.1, 0.15) is 27.6 Å². The van der Waals surface area contributed by atoms with E-state index in [1.807, 2.05) is 0 Å². The van der Waals surface area contributed by atoms with Crippen molar-refractivity contribution in [3.05, 3.63) is 58.6 Å². The summed E-state index contributed by atoms with van der Waals surface area (Å²) in [6.45, 7) is 1.90. The molecule has 0 radical (unpaired) electrons. The molecule has 2 aromatic carbocycles. The first kappa shape index (κ1) is 19.7. The Morgan fingerprint density at radius 2 is 1.68 bits per heavy atom. The van der Waals surface area contributed by atoms with Gasteiger partial charge in [-0.05, 0) is 49.4 Å². The molecule has 0 aliphatic carbocycles. The number of ether oxygens (including phenoxy) is 3. The van der Waals surface area contributed by atoms with E-state index >= 15 is 0 Å². The Balaban J connectivity index is 1.52. The maximum Gasteiger partial charge on any atom is 0.328 e. The van der Waals surface area contributed by atoms with Crippen molar-refractivity contribution in [2.75, 3.05) is 19.8 Å². The molecule has 7 nitrogen and oxygen atoms in total. The molecule has 0 saturated carbocycles. The smallest absolute Gasteiger partial charge is 0.328 e. The number of nitrogens with one attached hydrogen (secondary N) is 1. The highest BCUT2D eigenvalue weighted by Gasteiger charge is 2.20. The van der Waals surface area contributed by atoms with Gasteiger partial charge < -0.3 is 19.5 Å². The van der Waals surface area contributed by atoms with Crippen molar-refractivity contribution in [2.45, 2.75) is 13.0 Å². The predicted molar refractivity (Wildman–Crippen MR) is 101 cm³/mol. The molecule has 3 rings (SSSR count). The highest BCUT2D eigenvalue weighted by atomic mass is 35.5. The Morgan fingerprint density at radius 1 is 1.04 bits per heavy atom. The second kappa shape index (κ2) is 8.75. The number of hydrogen-bond acceptors (Lipinski definition) is 6. The number of carbonyl (C=O) groups is 3. The number of Topliss-reactive ketones (excluding diaryl/α,β-unsaturated/α-hetero) is 1. The van der Waals surface area contributed by atoms with E-state index < -0.39 is 24.5 Å². The van der Waals surface area contributed by atoms with Crippen molar-refractivity contribution >= 4 is 29.3 Å². The Bertz CT molecular complexity index is 896. The van der Waals surface area contributed by atoms with Gasteiger partial charge in [-0.1, -0.05) is 11.6 Å². The molecule has 28 heavy (non-hydrogen) atoms. The number of hydrogen-bond donors (Lipinski definition) is 1. The molecule has 0 aromatic heterocycles. The van der Waals surface area contributed by atoms with E-state index in [0.717, 1.165) is 0 Å². The fourth-order valence-corrected chi connectivity index (χ4v) is 2.63. The summed E-state index contributed by atoms with van der Waals surface area (Å²) in [7, 11) is 0. The van der Waals surface area contributed by atoms with E-state index in [-0.39, 0.29) is 5.78 Å². The lowest BCUT2D eigenvalue weighted by atomic mass is 10.1. The lowest BCUT2D eigenvalue weighted by Crippen LogP contribution is -2.40. The number of halogens is 1. The van der Waals surface area contributed by atoms with E-state index in [9.17, 15) is 14.4 Å². The maximum absolute atomic E-state index is 12.3. The van der Waals surface area contributed by atoms with Crippen LogP contribution in [-0.2, 0) is 9.53 Å². The van der Waals surface area contributed by atoms with Gasteiger partial charge >= 0.3 is 5.97 Å². The first-order valence-electron chi connectivity index (χ1n) is 8.60. The largest absolute Gasteiger partial charge is 0.486 e. The maximum atomic E-state index is 12.3. The fourth-order valence-electron chi connectivity index (χ4n) is 2.50. The van der Waals surface area contributed by atoms with Crippen LogP contribution in [-0.4, -0.2) is 43.5 Å². The van der Waals surface area contributed by atoms with Gasteiger partial charge in [0.25, 0.3) is 5.91 Å². The van der Waals surface area contributed by atoms with Crippen LogP contribution in [0.2, 0.25) is 5.02 Å². The van der Waals surface area contributed by atoms with Gasteiger partial charge in [-0.25, -0.2) is 4.79 Å². The van der Waals surface area contributed by atoms with Gasteiger partial charge in [0.05, 0.1) is 0 Å². The number of rotatable bonds is 6. The van der Waals surface area contributed by atoms with Crippen LogP contribution in [0.5, 0.6) is 11.5 Å². The average molecular weight is 404 g/mol. The molecule has 0 bridgehead atoms. The molecule has 0 spiro atoms. The molecule has 1 heterocycles. The lowest BCUT2D eigenvalue weighted by Gasteiger charge is -2.18. The Labute approximate surface area is 166 Å². The van der Waals surface area contributed by atoms with Gasteiger partial charge in [0, 0.05) is 16.1 Å². The minimum Gasteiger partial charge on any atom is -0.486 e. The standard InChI is InChI=1S/C20H18ClNO6/c1-12(22-19(24)13-2-5-15(21)6-3-13)20(25)28-11-16(23)14-4-7-17-18(10-14)27-9-8-26-17/h2-7,10,12H,8-9,11H2,1H3,(H,22,24)/t12-/m0/s1. The van der Waals surface area contributed by atoms with Crippen molar-refractivity contribution < 1.29 is 28.6 Å². The number of ketones is 1. The monoisotopic (exact) mass is 403 g/mol. The summed E-state index contributed by atoms with van der Waals surface area (Å²) in [6, 6.07) is 10.1. The van der Waals surface area contributed by atoms with E-state index in [1.54, 1.807) is 42.5 Å². The molecule has 146 valence electrons. The van der Waals surface area contributed by atoms with Crippen LogP contribution in [0.3, 0.4) is 0 Å². The Hall–Kier alpha value is -3.06. The van der Waals surface area contributed by atoms with Crippen LogP contribution in [0.4, 0.5) is 0 Å². The van der Waals surface area contributed by atoms with Crippen molar-refractivity contribution in [2.24, 2.45) is 0 Å². The van der Waals surface area contributed by atoms with Gasteiger partial charge in [-0.2, -0.15) is 0 Å². The zero-order valence-corrected chi connectivity index (χ0v) is 15.8. The van der Waals surface area contributed by atoms with Crippen LogP contribution in [0, 0.1) is 0 Å². The average Bonchev–Trinajstić information content (AvgIpc) is 2.71. The molecular weight excluding hydrogens is 386 g/mol. The summed E-state index contributed by atoms with van der Waals surface area (Å²) in [4.78, 5) is 36.4. The summed E-state index contributed by atoms with van der Waals surface area (Å²) in [6.07, 6.45) is 0. The molecule has 8 heteroatoms. The number of esters is 1. The Kier molecular flexibility index (Phi) is 6.16. The van der Waals surface area contributed by atoms with E-state index in [0.29, 0.717) is 40.9 Å². The van der Waals surface area contributed by atoms with Gasteiger partial charge in [-0.3, -0.25) is 9.59 Å². The molecule has 0 unspecified atom stereocenters. The van der Waals surface area contributed by atoms with Crippen LogP contribution >= 0.6 is 11.6 Å². The SMILES string of the molecule is C[C@H](NC(=O)c1ccc(Cl)cc1)C(=O)OCC(=O)c1ccc2c(c1)OCCO2. The van der Waals surface area contributed by atoms with E-state index in [2.05, 4.69) is 5.32 Å². The molecule has 1 atom stereocenters. The quantitative estimate of drug-likeness (QED) is 0.589. The molecule has 1 amide bonds. The molecular formula is C20H18ClNO6. The summed E-state index contributed by atoms with van der Waals surface area (Å²) >= 11 is 5.78. The minimum atomic E-state index is -0.920. The molecule has 1 aliphatic heterocycles. The highest BCUT2D eigenvalue weighted by Crippen LogP contribution is 2.30. The van der Waals surface area contributed by atoms with E-state index in [1.165, 1.54) is 6.92 Å². The molecule has 0 saturated heterocycles. The van der Waals surface area contributed by atoms with Gasteiger partial charge in [-0.15, -0.1) is 0 Å². The van der Waals surface area contributed by atoms with Crippen molar-refractivity contribution in [1.29, 1.82) is 0 Å². The lowest BCUT2D eigenvalue weighted by molar-refractivity contribution is -0.144. The number of carbonyl (C=O) groups excluding carboxylic acids is 3. The second-order valence-electron chi connectivity index (χ2n) is 6.09. The topological polar surface area (TPSA) is 90.9 Å². The van der Waals surface area contributed by atoms with Crippen molar-refractivity contribution in [1.82, 2.24) is 5.32 Å². The Morgan fingerprint density at radius 3 is 2.39 bits per heavy atom. The molecule has 1 aliphatic rings. The third kappa shape index (κ3) is 4.80. The minimum absolute atomic E-state index is 0.343. The molecule has 1 N–H and O–H groups in total. The summed E-state index contributed by atoms with van der Waals surface area (Å²) in [5, 5.41) is 3.02. The van der Waals surface area contributed by atoms with Crippen LogP contribution in [0.25, 0.3) is 0 Å². The number of amides is 1. The van der Waals surface area contributed by atoms with Gasteiger partial charge in [0.1, 0.15) is 19.3 Å². The van der Waals surface area contributed by atoms with Gasteiger partial charge in [0.15, 0.2) is 23.9 Å². The summed E-state index contributed by atoms with van der Waals surface area (Å²) in [5.41, 5.74) is 0.700. The first-order chi connectivity index (χ1) is 13.4. The first-order valence-corrected chi connectivity index (χ1v) is 8.98. The van der Waals surface area contributed by atoms with Gasteiger partial charge in [0.2, 0.25) is 0 Å². The molecule has 0 fully saturated rings. The van der Waals surface area contributed by atoms with Crippen molar-refractivity contribution in [3.8, 4) is 11.5 Å². The third-order valence-electron chi connectivity index (χ3n) is 4.02. The number of benzene rings is 2. The summed E-state index contributed by atoms with van der Waals surface area (Å²) in [5.74, 6) is -0.501. The fraction of sp³-hybridized carbons (Fsp3) is 0.250. The molecule has 2 aromatic rings. The zero-order chi connectivity index (χ0) is 20.1. The van der Waals surface area contributed by atoms with Crippen LogP contribution in [0.15, 0.2) is 42.5 Å². The second-order valence-corrected chi connectivity index (χ2v) is 6.53. The zero-order valence-electron chi connectivity index (χ0n) is 15.1. The van der Waals surface area contributed by atoms with E-state index in [4.69, 9.17) is 25.8 Å². The predicted octanol–water partition coefficient (Wildman–Crippen LogP) is 2.66. The van der Waals surface area contributed by atoms with Crippen molar-refractivity contribution in [3.63, 3.8) is 0 Å². The highest BCUT2D eigenvalue weighted by molar-refractivity contribution is 6.30. The number of fused-ring (bicyclic) bond motifs is 1. The third-order valence-corrected chi connectivity index (χ3v) is 4.27. The normalized spacial score (nSPS) is 13.4. The summed E-state index contributed by atoms with van der Waals surface area (Å²) < 4.78 is 15.9.